The normalized spacial score (nSPS) is 15.0. The van der Waals surface area contributed by atoms with Crippen molar-refractivity contribution in [1.29, 1.82) is 0 Å². The van der Waals surface area contributed by atoms with Crippen LogP contribution in [0.1, 0.15) is 17.0 Å². The summed E-state index contributed by atoms with van der Waals surface area (Å²) < 4.78 is 6.83. The van der Waals surface area contributed by atoms with E-state index in [-0.39, 0.29) is 6.03 Å². The summed E-state index contributed by atoms with van der Waals surface area (Å²) in [4.78, 5) is 16.8. The third kappa shape index (κ3) is 4.01. The molecule has 28 heavy (non-hydrogen) atoms. The van der Waals surface area contributed by atoms with Crippen LogP contribution in [0.4, 0.5) is 10.5 Å². The minimum absolute atomic E-state index is 0.105. The molecule has 0 bridgehead atoms. The molecular formula is C18H22N8O2. The number of carbonyl (C=O) groups is 1. The Morgan fingerprint density at radius 1 is 1.18 bits per heavy atom. The predicted octanol–water partition coefficient (Wildman–Crippen LogP) is 1.62. The molecule has 1 aliphatic rings. The lowest BCUT2D eigenvalue weighted by Gasteiger charge is -2.34. The monoisotopic (exact) mass is 382 g/mol. The standard InChI is InChI=1S/C18H22N8O2/c1-13-3-4-15(26-12-19-22-23-26)10-17(13)20-18(27)25-7-5-24(6-8-25)11-16-9-14(2)21-28-16/h3-4,9-10,12H,5-8,11H2,1-2H3,(H,20,27). The second-order valence-corrected chi connectivity index (χ2v) is 6.88. The van der Waals surface area contributed by atoms with Gasteiger partial charge in [0.2, 0.25) is 0 Å². The second-order valence-electron chi connectivity index (χ2n) is 6.88. The third-order valence-corrected chi connectivity index (χ3v) is 4.79. The minimum Gasteiger partial charge on any atom is -0.360 e. The predicted molar refractivity (Wildman–Crippen MR) is 101 cm³/mol. The lowest BCUT2D eigenvalue weighted by Crippen LogP contribution is -2.49. The average molecular weight is 382 g/mol. The number of piperazine rings is 1. The number of nitrogens with one attached hydrogen (secondary N) is 1. The lowest BCUT2D eigenvalue weighted by molar-refractivity contribution is 0.134. The molecule has 0 radical (unpaired) electrons. The molecule has 10 heteroatoms. The Hall–Kier alpha value is -3.27. The van der Waals surface area contributed by atoms with Gasteiger partial charge in [0.1, 0.15) is 6.33 Å². The maximum absolute atomic E-state index is 12.7. The van der Waals surface area contributed by atoms with E-state index in [1.54, 1.807) is 4.68 Å². The first-order valence-corrected chi connectivity index (χ1v) is 9.13. The van der Waals surface area contributed by atoms with E-state index in [1.165, 1.54) is 6.33 Å². The van der Waals surface area contributed by atoms with Crippen LogP contribution in [0, 0.1) is 13.8 Å². The maximum Gasteiger partial charge on any atom is 0.321 e. The van der Waals surface area contributed by atoms with Gasteiger partial charge >= 0.3 is 6.03 Å². The van der Waals surface area contributed by atoms with E-state index < -0.39 is 0 Å². The second kappa shape index (κ2) is 7.77. The van der Waals surface area contributed by atoms with E-state index in [9.17, 15) is 4.79 Å². The Morgan fingerprint density at radius 2 is 2.00 bits per heavy atom. The molecule has 2 amide bonds. The highest BCUT2D eigenvalue weighted by Gasteiger charge is 2.22. The fourth-order valence-electron chi connectivity index (χ4n) is 3.18. The Labute approximate surface area is 162 Å². The van der Waals surface area contributed by atoms with Crippen LogP contribution in [0.15, 0.2) is 35.1 Å². The van der Waals surface area contributed by atoms with Crippen LogP contribution in [0.25, 0.3) is 5.69 Å². The average Bonchev–Trinajstić information content (AvgIpc) is 3.36. The number of hydrogen-bond donors (Lipinski definition) is 1. The molecule has 4 rings (SSSR count). The van der Waals surface area contributed by atoms with E-state index in [4.69, 9.17) is 4.52 Å². The van der Waals surface area contributed by atoms with Gasteiger partial charge in [-0.2, -0.15) is 0 Å². The smallest absolute Gasteiger partial charge is 0.321 e. The summed E-state index contributed by atoms with van der Waals surface area (Å²) in [7, 11) is 0. The highest BCUT2D eigenvalue weighted by molar-refractivity contribution is 5.90. The zero-order valence-corrected chi connectivity index (χ0v) is 15.9. The molecule has 146 valence electrons. The molecule has 3 heterocycles. The van der Waals surface area contributed by atoms with Gasteiger partial charge in [-0.25, -0.2) is 9.48 Å². The van der Waals surface area contributed by atoms with Crippen LogP contribution in [-0.4, -0.2) is 67.4 Å². The van der Waals surface area contributed by atoms with Crippen molar-refractivity contribution in [3.05, 3.63) is 47.6 Å². The molecule has 1 aromatic carbocycles. The Bertz CT molecular complexity index is 944. The number of amides is 2. The first-order chi connectivity index (χ1) is 13.6. The van der Waals surface area contributed by atoms with Gasteiger partial charge in [-0.05, 0) is 42.0 Å². The molecule has 0 atom stereocenters. The van der Waals surface area contributed by atoms with Gasteiger partial charge in [0.25, 0.3) is 0 Å². The number of aromatic nitrogens is 5. The molecule has 0 saturated carbocycles. The van der Waals surface area contributed by atoms with Gasteiger partial charge in [0, 0.05) is 37.9 Å². The molecule has 1 saturated heterocycles. The van der Waals surface area contributed by atoms with Crippen molar-refractivity contribution in [2.75, 3.05) is 31.5 Å². The van der Waals surface area contributed by atoms with E-state index in [1.807, 2.05) is 43.0 Å². The number of benzene rings is 1. The van der Waals surface area contributed by atoms with E-state index in [0.717, 1.165) is 41.5 Å². The number of anilines is 1. The van der Waals surface area contributed by atoms with E-state index in [2.05, 4.69) is 30.9 Å². The molecule has 2 aromatic heterocycles. The largest absolute Gasteiger partial charge is 0.360 e. The van der Waals surface area contributed by atoms with Crippen LogP contribution in [0.2, 0.25) is 0 Å². The fourth-order valence-corrected chi connectivity index (χ4v) is 3.18. The molecule has 1 N–H and O–H groups in total. The summed E-state index contributed by atoms with van der Waals surface area (Å²) >= 11 is 0. The van der Waals surface area contributed by atoms with Gasteiger partial charge in [0.05, 0.1) is 17.9 Å². The first kappa shape index (κ1) is 18.1. The van der Waals surface area contributed by atoms with Crippen molar-refractivity contribution in [3.8, 4) is 5.69 Å². The SMILES string of the molecule is Cc1cc(CN2CCN(C(=O)Nc3cc(-n4cnnn4)ccc3C)CC2)on1. The number of urea groups is 1. The maximum atomic E-state index is 12.7. The number of hydrogen-bond acceptors (Lipinski definition) is 7. The van der Waals surface area contributed by atoms with Gasteiger partial charge in [-0.15, -0.1) is 5.10 Å². The van der Waals surface area contributed by atoms with Crippen LogP contribution in [-0.2, 0) is 6.54 Å². The van der Waals surface area contributed by atoms with Gasteiger partial charge in [0.15, 0.2) is 5.76 Å². The van der Waals surface area contributed by atoms with Gasteiger partial charge in [-0.3, -0.25) is 4.90 Å². The van der Waals surface area contributed by atoms with Crippen molar-refractivity contribution in [2.45, 2.75) is 20.4 Å². The van der Waals surface area contributed by atoms with Crippen LogP contribution < -0.4 is 5.32 Å². The Morgan fingerprint density at radius 3 is 2.68 bits per heavy atom. The summed E-state index contributed by atoms with van der Waals surface area (Å²) in [5, 5.41) is 18.1. The summed E-state index contributed by atoms with van der Waals surface area (Å²) in [6.07, 6.45) is 1.52. The summed E-state index contributed by atoms with van der Waals surface area (Å²) in [5.41, 5.74) is 3.40. The number of carbonyl (C=O) groups excluding carboxylic acids is 1. The highest BCUT2D eigenvalue weighted by Crippen LogP contribution is 2.20. The molecule has 10 nitrogen and oxygen atoms in total. The van der Waals surface area contributed by atoms with Crippen molar-refractivity contribution >= 4 is 11.7 Å². The zero-order valence-electron chi connectivity index (χ0n) is 15.9. The van der Waals surface area contributed by atoms with Gasteiger partial charge < -0.3 is 14.7 Å². The van der Waals surface area contributed by atoms with E-state index in [0.29, 0.717) is 19.6 Å². The van der Waals surface area contributed by atoms with Crippen LogP contribution in [0.5, 0.6) is 0 Å². The number of nitrogens with zero attached hydrogens (tertiary/aromatic N) is 7. The molecule has 3 aromatic rings. The molecule has 1 fully saturated rings. The molecule has 0 aliphatic carbocycles. The summed E-state index contributed by atoms with van der Waals surface area (Å²) in [6, 6.07) is 7.55. The molecule has 0 unspecified atom stereocenters. The lowest BCUT2D eigenvalue weighted by atomic mass is 10.2. The Kier molecular flexibility index (Phi) is 5.02. The number of tetrazole rings is 1. The van der Waals surface area contributed by atoms with Crippen molar-refractivity contribution < 1.29 is 9.32 Å². The number of aryl methyl sites for hydroxylation is 2. The van der Waals surface area contributed by atoms with Crippen LogP contribution in [0.3, 0.4) is 0 Å². The molecule has 0 spiro atoms. The third-order valence-electron chi connectivity index (χ3n) is 4.79. The summed E-state index contributed by atoms with van der Waals surface area (Å²) in [5.74, 6) is 0.852. The van der Waals surface area contributed by atoms with Crippen LogP contribution >= 0.6 is 0 Å². The molecular weight excluding hydrogens is 360 g/mol. The van der Waals surface area contributed by atoms with E-state index >= 15 is 0 Å². The minimum atomic E-state index is -0.105. The molecule has 1 aliphatic heterocycles. The van der Waals surface area contributed by atoms with Crippen molar-refractivity contribution in [1.82, 2.24) is 35.2 Å². The zero-order chi connectivity index (χ0) is 19.5. The Balaban J connectivity index is 1.35. The number of rotatable bonds is 4. The van der Waals surface area contributed by atoms with Crippen molar-refractivity contribution in [2.24, 2.45) is 0 Å². The summed E-state index contributed by atoms with van der Waals surface area (Å²) in [6.45, 7) is 7.47. The highest BCUT2D eigenvalue weighted by atomic mass is 16.5. The van der Waals surface area contributed by atoms with Crippen molar-refractivity contribution in [3.63, 3.8) is 0 Å². The fraction of sp³-hybridized carbons (Fsp3) is 0.389. The quantitative estimate of drug-likeness (QED) is 0.731. The first-order valence-electron chi connectivity index (χ1n) is 9.13. The topological polar surface area (TPSA) is 105 Å². The van der Waals surface area contributed by atoms with Gasteiger partial charge in [-0.1, -0.05) is 11.2 Å².